The van der Waals surface area contributed by atoms with Crippen molar-refractivity contribution in [2.75, 3.05) is 13.2 Å². The number of amides is 1. The van der Waals surface area contributed by atoms with Crippen molar-refractivity contribution in [1.29, 1.82) is 0 Å². The van der Waals surface area contributed by atoms with Crippen LogP contribution in [0.5, 0.6) is 0 Å². The van der Waals surface area contributed by atoms with Gasteiger partial charge in [-0.15, -0.1) is 6.58 Å². The average Bonchev–Trinajstić information content (AvgIpc) is 2.63. The molecule has 1 N–H and O–H groups in total. The van der Waals surface area contributed by atoms with Gasteiger partial charge in [0.1, 0.15) is 6.04 Å². The molecule has 0 aromatic heterocycles. The molecule has 0 aromatic carbocycles. The molecule has 1 atom stereocenters. The Labute approximate surface area is 159 Å². The van der Waals surface area contributed by atoms with Crippen molar-refractivity contribution < 1.29 is 19.1 Å². The lowest BCUT2D eigenvalue weighted by Gasteiger charge is -2.16. The van der Waals surface area contributed by atoms with Crippen molar-refractivity contribution in [3.05, 3.63) is 12.7 Å². The van der Waals surface area contributed by atoms with Crippen LogP contribution in [-0.4, -0.2) is 31.3 Å². The van der Waals surface area contributed by atoms with Gasteiger partial charge in [0.05, 0.1) is 13.2 Å². The summed E-state index contributed by atoms with van der Waals surface area (Å²) < 4.78 is 10.4. The Morgan fingerprint density at radius 1 is 0.846 bits per heavy atom. The third kappa shape index (κ3) is 14.8. The van der Waals surface area contributed by atoms with Crippen LogP contribution in [0.25, 0.3) is 0 Å². The summed E-state index contributed by atoms with van der Waals surface area (Å²) in [5.41, 5.74) is 0. The molecule has 0 saturated carbocycles. The van der Waals surface area contributed by atoms with Crippen LogP contribution < -0.4 is 5.32 Å². The summed E-state index contributed by atoms with van der Waals surface area (Å²) in [6, 6.07) is -0.722. The lowest BCUT2D eigenvalue weighted by atomic mass is 10.1. The molecule has 0 spiro atoms. The molecule has 0 fully saturated rings. The minimum Gasteiger partial charge on any atom is -0.464 e. The summed E-state index contributed by atoms with van der Waals surface area (Å²) >= 11 is 0. The van der Waals surface area contributed by atoms with E-state index in [1.165, 1.54) is 32.1 Å². The zero-order valence-electron chi connectivity index (χ0n) is 16.9. The standard InChI is InChI=1S/C21H39NO4/c1-4-7-9-11-12-13-15-17-25-20(23)19(16-6-3)22-21(24)26-18-14-10-8-5-2/h6,19H,3-5,7-18H2,1-2H3,(H,22,24). The zero-order valence-corrected chi connectivity index (χ0v) is 16.9. The van der Waals surface area contributed by atoms with E-state index in [-0.39, 0.29) is 0 Å². The van der Waals surface area contributed by atoms with Gasteiger partial charge in [0.15, 0.2) is 0 Å². The molecule has 5 heteroatoms. The number of esters is 1. The van der Waals surface area contributed by atoms with E-state index in [0.717, 1.165) is 38.5 Å². The number of carbonyl (C=O) groups is 2. The number of hydrogen-bond acceptors (Lipinski definition) is 4. The van der Waals surface area contributed by atoms with Crippen molar-refractivity contribution >= 4 is 12.1 Å². The molecule has 0 heterocycles. The van der Waals surface area contributed by atoms with Gasteiger partial charge < -0.3 is 14.8 Å². The molecule has 0 aliphatic heterocycles. The highest BCUT2D eigenvalue weighted by atomic mass is 16.6. The third-order valence-corrected chi connectivity index (χ3v) is 4.20. The number of nitrogens with one attached hydrogen (secondary N) is 1. The number of unbranched alkanes of at least 4 members (excludes halogenated alkanes) is 9. The number of rotatable bonds is 17. The van der Waals surface area contributed by atoms with E-state index in [1.807, 2.05) is 0 Å². The highest BCUT2D eigenvalue weighted by Gasteiger charge is 2.21. The van der Waals surface area contributed by atoms with Crippen LogP contribution in [0.3, 0.4) is 0 Å². The Kier molecular flexibility index (Phi) is 17.2. The maximum absolute atomic E-state index is 12.1. The lowest BCUT2D eigenvalue weighted by Crippen LogP contribution is -2.42. The molecule has 0 saturated heterocycles. The summed E-state index contributed by atoms with van der Waals surface area (Å²) in [4.78, 5) is 23.9. The topological polar surface area (TPSA) is 64.6 Å². The first-order chi connectivity index (χ1) is 12.7. The SMILES string of the molecule is C=CCC(NC(=O)OCCCCCC)C(=O)OCCCCCCCCC. The maximum Gasteiger partial charge on any atom is 0.407 e. The van der Waals surface area contributed by atoms with E-state index in [4.69, 9.17) is 9.47 Å². The van der Waals surface area contributed by atoms with Crippen molar-refractivity contribution in [3.8, 4) is 0 Å². The Bertz CT molecular complexity index is 371. The average molecular weight is 370 g/mol. The van der Waals surface area contributed by atoms with Crippen LogP contribution >= 0.6 is 0 Å². The van der Waals surface area contributed by atoms with E-state index < -0.39 is 18.1 Å². The van der Waals surface area contributed by atoms with Gasteiger partial charge in [-0.2, -0.15) is 0 Å². The van der Waals surface area contributed by atoms with Crippen molar-refractivity contribution in [2.24, 2.45) is 0 Å². The molecule has 26 heavy (non-hydrogen) atoms. The van der Waals surface area contributed by atoms with Crippen molar-refractivity contribution in [3.63, 3.8) is 0 Å². The second-order valence-corrected chi connectivity index (χ2v) is 6.71. The highest BCUT2D eigenvalue weighted by Crippen LogP contribution is 2.07. The summed E-state index contributed by atoms with van der Waals surface area (Å²) in [5.74, 6) is -0.418. The molecular formula is C21H39NO4. The van der Waals surface area contributed by atoms with Crippen LogP contribution in [-0.2, 0) is 14.3 Å². The summed E-state index contributed by atoms with van der Waals surface area (Å²) in [6.07, 6.45) is 13.7. The predicted octanol–water partition coefficient (Wildman–Crippen LogP) is 5.53. The number of carbonyl (C=O) groups excluding carboxylic acids is 2. The largest absolute Gasteiger partial charge is 0.464 e. The Balaban J connectivity index is 3.90. The van der Waals surface area contributed by atoms with Gasteiger partial charge >= 0.3 is 12.1 Å². The normalized spacial score (nSPS) is 11.6. The van der Waals surface area contributed by atoms with Gasteiger partial charge in [-0.25, -0.2) is 9.59 Å². The fraction of sp³-hybridized carbons (Fsp3) is 0.810. The Morgan fingerprint density at radius 3 is 1.92 bits per heavy atom. The van der Waals surface area contributed by atoms with E-state index in [9.17, 15) is 9.59 Å². The third-order valence-electron chi connectivity index (χ3n) is 4.20. The minimum atomic E-state index is -0.722. The molecular weight excluding hydrogens is 330 g/mol. The molecule has 152 valence electrons. The zero-order chi connectivity index (χ0) is 19.5. The molecule has 0 aliphatic carbocycles. The molecule has 0 aliphatic rings. The smallest absolute Gasteiger partial charge is 0.407 e. The van der Waals surface area contributed by atoms with Crippen LogP contribution in [0.4, 0.5) is 4.79 Å². The van der Waals surface area contributed by atoms with Gasteiger partial charge in [0.2, 0.25) is 0 Å². The van der Waals surface area contributed by atoms with E-state index >= 15 is 0 Å². The number of ether oxygens (including phenoxy) is 2. The maximum atomic E-state index is 12.1. The van der Waals surface area contributed by atoms with E-state index in [1.54, 1.807) is 6.08 Å². The van der Waals surface area contributed by atoms with Crippen LogP contribution in [0.1, 0.15) is 90.9 Å². The first-order valence-corrected chi connectivity index (χ1v) is 10.4. The monoisotopic (exact) mass is 369 g/mol. The fourth-order valence-electron chi connectivity index (χ4n) is 2.59. The molecule has 0 bridgehead atoms. The van der Waals surface area contributed by atoms with Crippen LogP contribution in [0.15, 0.2) is 12.7 Å². The fourth-order valence-corrected chi connectivity index (χ4v) is 2.59. The van der Waals surface area contributed by atoms with Crippen molar-refractivity contribution in [1.82, 2.24) is 5.32 Å². The van der Waals surface area contributed by atoms with Gasteiger partial charge in [0.25, 0.3) is 0 Å². The van der Waals surface area contributed by atoms with Crippen LogP contribution in [0.2, 0.25) is 0 Å². The first-order valence-electron chi connectivity index (χ1n) is 10.4. The van der Waals surface area contributed by atoms with E-state index in [2.05, 4.69) is 25.7 Å². The number of hydrogen-bond donors (Lipinski definition) is 1. The summed E-state index contributed by atoms with van der Waals surface area (Å²) in [5, 5.41) is 2.58. The van der Waals surface area contributed by atoms with Gasteiger partial charge in [-0.1, -0.05) is 77.7 Å². The van der Waals surface area contributed by atoms with Crippen molar-refractivity contribution in [2.45, 2.75) is 96.9 Å². The summed E-state index contributed by atoms with van der Waals surface area (Å²) in [6.45, 7) is 8.74. The molecule has 1 amide bonds. The molecule has 5 nitrogen and oxygen atoms in total. The first kappa shape index (κ1) is 24.5. The van der Waals surface area contributed by atoms with Gasteiger partial charge in [-0.05, 0) is 19.3 Å². The highest BCUT2D eigenvalue weighted by molar-refractivity contribution is 5.81. The lowest BCUT2D eigenvalue weighted by molar-refractivity contribution is -0.146. The molecule has 0 rings (SSSR count). The quantitative estimate of drug-likeness (QED) is 0.208. The second-order valence-electron chi connectivity index (χ2n) is 6.71. The summed E-state index contributed by atoms with van der Waals surface area (Å²) in [7, 11) is 0. The Hall–Kier alpha value is -1.52. The van der Waals surface area contributed by atoms with Gasteiger partial charge in [0, 0.05) is 0 Å². The second kappa shape index (κ2) is 18.3. The predicted molar refractivity (Wildman–Crippen MR) is 106 cm³/mol. The molecule has 0 aromatic rings. The minimum absolute atomic E-state index is 0.334. The van der Waals surface area contributed by atoms with Crippen LogP contribution in [0, 0.1) is 0 Å². The van der Waals surface area contributed by atoms with E-state index in [0.29, 0.717) is 19.6 Å². The number of alkyl carbamates (subject to hydrolysis) is 1. The Morgan fingerprint density at radius 2 is 1.35 bits per heavy atom. The molecule has 0 radical (unpaired) electrons. The molecule has 1 unspecified atom stereocenters. The van der Waals surface area contributed by atoms with Gasteiger partial charge in [-0.3, -0.25) is 0 Å².